The zero-order valence-electron chi connectivity index (χ0n) is 29.8. The van der Waals surface area contributed by atoms with Gasteiger partial charge < -0.3 is 23.7 Å². The summed E-state index contributed by atoms with van der Waals surface area (Å²) in [5.74, 6) is -8.73. The molecule has 2 fully saturated rings. The summed E-state index contributed by atoms with van der Waals surface area (Å²) in [4.78, 5) is 0. The highest BCUT2D eigenvalue weighted by Gasteiger charge is 2.50. The number of hydrogen-bond acceptors (Lipinski definition) is 6. The van der Waals surface area contributed by atoms with Gasteiger partial charge in [-0.2, -0.15) is 26.3 Å². The van der Waals surface area contributed by atoms with Crippen molar-refractivity contribution < 1.29 is 81.1 Å². The summed E-state index contributed by atoms with van der Waals surface area (Å²) in [7, 11) is 0. The molecule has 5 rings (SSSR count). The minimum Gasteiger partial charge on any atom is -0.429 e. The third kappa shape index (κ3) is 11.2. The number of rotatable bonds is 16. The van der Waals surface area contributed by atoms with E-state index in [2.05, 4.69) is 21.1 Å². The lowest BCUT2D eigenvalue weighted by atomic mass is 9.79. The molecule has 0 radical (unpaired) electrons. The largest absolute Gasteiger partial charge is 0.527 e. The number of ether oxygens (including phenoxy) is 6. The van der Waals surface area contributed by atoms with Crippen molar-refractivity contribution in [3.63, 3.8) is 0 Å². The van der Waals surface area contributed by atoms with E-state index in [1.54, 1.807) is 0 Å². The minimum absolute atomic E-state index is 0.141. The lowest BCUT2D eigenvalue weighted by Crippen LogP contribution is -2.35. The van der Waals surface area contributed by atoms with E-state index in [0.717, 1.165) is 50.8 Å². The summed E-state index contributed by atoms with van der Waals surface area (Å²) in [5, 5.41) is 0. The fourth-order valence-electron chi connectivity index (χ4n) is 6.61. The molecule has 0 N–H and O–H groups in total. The van der Waals surface area contributed by atoms with Gasteiger partial charge >= 0.3 is 24.7 Å². The van der Waals surface area contributed by atoms with E-state index >= 15 is 8.78 Å². The number of alkyl halides is 9. The summed E-state index contributed by atoms with van der Waals surface area (Å²) >= 11 is 0. The maximum absolute atomic E-state index is 15.1. The molecule has 310 valence electrons. The molecular weight excluding hydrogens is 780 g/mol. The van der Waals surface area contributed by atoms with Crippen LogP contribution < -0.4 is 9.47 Å². The Hall–Kier alpha value is -3.74. The molecule has 1 saturated carbocycles. The smallest absolute Gasteiger partial charge is 0.429 e. The molecule has 0 aromatic heterocycles. The third-order valence-electron chi connectivity index (χ3n) is 9.48. The van der Waals surface area contributed by atoms with Crippen LogP contribution in [0.4, 0.5) is 52.7 Å². The van der Waals surface area contributed by atoms with E-state index in [9.17, 15) is 43.9 Å². The lowest BCUT2D eigenvalue weighted by Gasteiger charge is -2.37. The van der Waals surface area contributed by atoms with Gasteiger partial charge in [0.1, 0.15) is 40.1 Å². The Morgan fingerprint density at radius 3 is 1.79 bits per heavy atom. The quantitative estimate of drug-likeness (QED) is 0.106. The van der Waals surface area contributed by atoms with Crippen molar-refractivity contribution in [2.75, 3.05) is 19.8 Å². The van der Waals surface area contributed by atoms with Crippen molar-refractivity contribution in [3.05, 3.63) is 94.3 Å². The van der Waals surface area contributed by atoms with Crippen LogP contribution in [0.15, 0.2) is 54.6 Å². The van der Waals surface area contributed by atoms with Gasteiger partial charge in [-0.05, 0) is 62.3 Å². The summed E-state index contributed by atoms with van der Waals surface area (Å²) in [6, 6.07) is 4.94. The third-order valence-corrected chi connectivity index (χ3v) is 9.48. The predicted octanol–water partition coefficient (Wildman–Crippen LogP) is 11.8. The molecule has 2 aliphatic rings. The van der Waals surface area contributed by atoms with Crippen LogP contribution in [-0.4, -0.2) is 32.3 Å². The zero-order valence-corrected chi connectivity index (χ0v) is 29.8. The normalized spacial score (nSPS) is 21.2. The van der Waals surface area contributed by atoms with Crippen LogP contribution in [-0.2, 0) is 37.3 Å². The first-order valence-corrected chi connectivity index (χ1v) is 17.8. The van der Waals surface area contributed by atoms with Gasteiger partial charge in [-0.3, -0.25) is 0 Å². The molecule has 56 heavy (non-hydrogen) atoms. The summed E-state index contributed by atoms with van der Waals surface area (Å²) < 4.78 is 196. The second-order valence-electron chi connectivity index (χ2n) is 13.6. The standard InChI is InChI=1S/C38H38F12O6/c1-2-3-4-5-16-51-26-12-8-22(9-13-26)24-20-52-34(53-21-24)23-6-10-25(11-7-23)35(42,43)54-27-14-15-29(30(39)17-27)36(44,45)55-28-18-31(40)33(32(41)19-28)37(46,47)56-38(48,49)50/h6-7,10-11,14-15,17-19,22,24,26,34H,2-5,8-9,12-13,16,20-21H2,1H3. The van der Waals surface area contributed by atoms with Gasteiger partial charge in [-0.1, -0.05) is 38.3 Å². The van der Waals surface area contributed by atoms with Gasteiger partial charge in [-0.15, -0.1) is 13.2 Å². The molecule has 3 aromatic rings. The molecule has 0 unspecified atom stereocenters. The lowest BCUT2D eigenvalue weighted by molar-refractivity contribution is -0.432. The van der Waals surface area contributed by atoms with Gasteiger partial charge in [-0.25, -0.2) is 17.9 Å². The molecule has 6 nitrogen and oxygen atoms in total. The van der Waals surface area contributed by atoms with E-state index in [0.29, 0.717) is 30.8 Å². The van der Waals surface area contributed by atoms with E-state index in [-0.39, 0.29) is 36.3 Å². The Kier molecular flexibility index (Phi) is 13.8. The van der Waals surface area contributed by atoms with Crippen LogP contribution in [0.3, 0.4) is 0 Å². The number of benzene rings is 3. The molecule has 1 aliphatic carbocycles. The molecule has 0 amide bonds. The van der Waals surface area contributed by atoms with E-state index in [1.165, 1.54) is 31.4 Å². The highest BCUT2D eigenvalue weighted by Crippen LogP contribution is 2.43. The Bertz CT molecular complexity index is 1710. The minimum atomic E-state index is -6.04. The maximum atomic E-state index is 15.1. The first-order valence-electron chi connectivity index (χ1n) is 17.8. The second kappa shape index (κ2) is 17.8. The first kappa shape index (κ1) is 43.4. The van der Waals surface area contributed by atoms with E-state index in [1.807, 2.05) is 0 Å². The van der Waals surface area contributed by atoms with Crippen LogP contribution in [0.2, 0.25) is 0 Å². The summed E-state index contributed by atoms with van der Waals surface area (Å²) in [5.41, 5.74) is -4.49. The number of hydrogen-bond donors (Lipinski definition) is 0. The second-order valence-corrected chi connectivity index (χ2v) is 13.6. The zero-order chi connectivity index (χ0) is 40.9. The van der Waals surface area contributed by atoms with Crippen LogP contribution in [0.25, 0.3) is 0 Å². The molecule has 0 bridgehead atoms. The van der Waals surface area contributed by atoms with Gasteiger partial charge in [0.25, 0.3) is 0 Å². The van der Waals surface area contributed by atoms with Crippen LogP contribution in [0.5, 0.6) is 11.5 Å². The molecule has 0 spiro atoms. The Morgan fingerprint density at radius 1 is 0.625 bits per heavy atom. The van der Waals surface area contributed by atoms with Crippen LogP contribution in [0, 0.1) is 29.3 Å². The molecule has 1 saturated heterocycles. The monoisotopic (exact) mass is 818 g/mol. The SMILES string of the molecule is CCCCCCOC1CCC(C2COC(c3ccc(C(F)(F)Oc4ccc(C(F)(F)Oc5cc(F)c(C(F)(F)OC(F)(F)F)c(F)c5)c(F)c4)cc3)OC2)CC1. The van der Waals surface area contributed by atoms with Crippen molar-refractivity contribution in [1.82, 2.24) is 0 Å². The van der Waals surface area contributed by atoms with Gasteiger partial charge in [0.15, 0.2) is 6.29 Å². The van der Waals surface area contributed by atoms with E-state index < -0.39 is 76.6 Å². The van der Waals surface area contributed by atoms with Crippen LogP contribution in [0.1, 0.15) is 86.8 Å². The molecule has 3 aromatic carbocycles. The Morgan fingerprint density at radius 2 is 1.21 bits per heavy atom. The maximum Gasteiger partial charge on any atom is 0.527 e. The van der Waals surface area contributed by atoms with Crippen molar-refractivity contribution >= 4 is 0 Å². The van der Waals surface area contributed by atoms with Gasteiger partial charge in [0, 0.05) is 36.3 Å². The summed E-state index contributed by atoms with van der Waals surface area (Å²) in [6.07, 6.45) is -12.6. The average Bonchev–Trinajstić information content (AvgIpc) is 3.10. The molecular formula is C38H38F12O6. The van der Waals surface area contributed by atoms with Crippen LogP contribution >= 0.6 is 0 Å². The highest BCUT2D eigenvalue weighted by molar-refractivity contribution is 5.36. The molecule has 1 aliphatic heterocycles. The predicted molar refractivity (Wildman–Crippen MR) is 173 cm³/mol. The van der Waals surface area contributed by atoms with Crippen molar-refractivity contribution in [2.45, 2.75) is 95.4 Å². The van der Waals surface area contributed by atoms with Crippen molar-refractivity contribution in [1.29, 1.82) is 0 Å². The fraction of sp³-hybridized carbons (Fsp3) is 0.526. The van der Waals surface area contributed by atoms with E-state index in [4.69, 9.17) is 14.2 Å². The van der Waals surface area contributed by atoms with Gasteiger partial charge in [0.2, 0.25) is 0 Å². The summed E-state index contributed by atoms with van der Waals surface area (Å²) in [6.45, 7) is 3.78. The number of halogens is 12. The topological polar surface area (TPSA) is 55.4 Å². The highest BCUT2D eigenvalue weighted by atomic mass is 19.4. The number of unbranched alkanes of at least 4 members (excludes halogenated alkanes) is 3. The molecule has 18 heteroatoms. The van der Waals surface area contributed by atoms with Crippen molar-refractivity contribution in [3.8, 4) is 11.5 Å². The molecule has 0 atom stereocenters. The first-order chi connectivity index (χ1) is 26.3. The molecule has 1 heterocycles. The Balaban J connectivity index is 1.14. The average molecular weight is 819 g/mol. The van der Waals surface area contributed by atoms with Crippen molar-refractivity contribution in [2.24, 2.45) is 11.8 Å². The van der Waals surface area contributed by atoms with Gasteiger partial charge in [0.05, 0.1) is 24.9 Å². The Labute approximate surface area is 314 Å². The fourth-order valence-corrected chi connectivity index (χ4v) is 6.61.